The van der Waals surface area contributed by atoms with E-state index in [9.17, 15) is 9.59 Å². The summed E-state index contributed by atoms with van der Waals surface area (Å²) in [6, 6.07) is 10.2. The molecule has 3 aromatic rings. The molecule has 0 fully saturated rings. The Morgan fingerprint density at radius 2 is 1.92 bits per heavy atom. The molecule has 10 heteroatoms. The molecule has 0 N–H and O–H groups in total. The molecule has 1 aliphatic heterocycles. The minimum Gasteiger partial charge on any atom is -0.497 e. The molecular weight excluding hydrogens is 560 g/mol. The van der Waals surface area contributed by atoms with E-state index in [1.807, 2.05) is 37.3 Å². The maximum Gasteiger partial charge on any atom is 0.338 e. The Kier molecular flexibility index (Phi) is 8.19. The lowest BCUT2D eigenvalue weighted by Gasteiger charge is -2.25. The van der Waals surface area contributed by atoms with E-state index in [0.717, 1.165) is 10.0 Å². The number of allylic oxidation sites excluding steroid dienone is 1. The molecule has 1 atom stereocenters. The number of methoxy groups -OCH3 is 2. The summed E-state index contributed by atoms with van der Waals surface area (Å²) in [6.45, 7) is 6.06. The molecule has 1 aliphatic rings. The second kappa shape index (κ2) is 11.4. The lowest BCUT2D eigenvalue weighted by atomic mass is 9.95. The van der Waals surface area contributed by atoms with Crippen LogP contribution < -0.4 is 29.1 Å². The molecule has 2 aromatic carbocycles. The van der Waals surface area contributed by atoms with Crippen molar-refractivity contribution in [2.75, 3.05) is 27.4 Å². The largest absolute Gasteiger partial charge is 0.497 e. The summed E-state index contributed by atoms with van der Waals surface area (Å²) in [4.78, 5) is 32.0. The maximum absolute atomic E-state index is 13.8. The predicted octanol–water partition coefficient (Wildman–Crippen LogP) is 3.98. The topological polar surface area (TPSA) is 88.4 Å². The van der Waals surface area contributed by atoms with Crippen LogP contribution in [0, 0.1) is 0 Å². The second-order valence-electron chi connectivity index (χ2n) is 8.04. The number of carbonyl (C=O) groups excluding carboxylic acids is 1. The van der Waals surface area contributed by atoms with Gasteiger partial charge < -0.3 is 18.9 Å². The van der Waals surface area contributed by atoms with Gasteiger partial charge in [0.2, 0.25) is 0 Å². The minimum atomic E-state index is -0.717. The summed E-state index contributed by atoms with van der Waals surface area (Å²) in [7, 11) is 3.14. The van der Waals surface area contributed by atoms with Crippen LogP contribution in [0.5, 0.6) is 17.2 Å². The fourth-order valence-electron chi connectivity index (χ4n) is 4.15. The van der Waals surface area contributed by atoms with Gasteiger partial charge in [-0.15, -0.1) is 0 Å². The highest BCUT2D eigenvalue weighted by atomic mass is 79.9. The van der Waals surface area contributed by atoms with Crippen LogP contribution in [0.1, 0.15) is 37.9 Å². The molecule has 0 spiro atoms. The fraction of sp³-hybridized carbons (Fsp3) is 0.296. The van der Waals surface area contributed by atoms with E-state index in [-0.39, 0.29) is 12.2 Å². The third-order valence-corrected chi connectivity index (χ3v) is 7.47. The standard InChI is InChI=1S/C27H27BrN2O6S/c1-6-35-21-12-17(19(28)14-20(21)34-5)13-22-25(31)30-24(16-9-8-10-18(11-16)33-4)23(26(32)36-7-2)15(3)29-27(30)37-22/h8-14,24H,6-7H2,1-5H3/b22-13-. The number of fused-ring (bicyclic) bond motifs is 1. The number of aromatic nitrogens is 1. The van der Waals surface area contributed by atoms with E-state index in [0.29, 0.717) is 50.0 Å². The Labute approximate surface area is 226 Å². The summed E-state index contributed by atoms with van der Waals surface area (Å²) < 4.78 is 24.6. The molecule has 1 unspecified atom stereocenters. The third kappa shape index (κ3) is 5.21. The number of hydrogen-bond acceptors (Lipinski definition) is 8. The van der Waals surface area contributed by atoms with E-state index in [2.05, 4.69) is 20.9 Å². The van der Waals surface area contributed by atoms with Gasteiger partial charge in [0.25, 0.3) is 5.56 Å². The number of halogens is 1. The van der Waals surface area contributed by atoms with Crippen molar-refractivity contribution in [3.05, 3.63) is 83.0 Å². The van der Waals surface area contributed by atoms with Crippen molar-refractivity contribution in [3.63, 3.8) is 0 Å². The van der Waals surface area contributed by atoms with Gasteiger partial charge in [-0.05, 0) is 62.2 Å². The molecule has 194 valence electrons. The lowest BCUT2D eigenvalue weighted by Crippen LogP contribution is -2.39. The van der Waals surface area contributed by atoms with E-state index in [4.69, 9.17) is 18.9 Å². The van der Waals surface area contributed by atoms with Crippen LogP contribution in [0.3, 0.4) is 0 Å². The highest BCUT2D eigenvalue weighted by molar-refractivity contribution is 9.10. The quantitative estimate of drug-likeness (QED) is 0.371. The summed E-state index contributed by atoms with van der Waals surface area (Å²) >= 11 is 4.82. The zero-order valence-corrected chi connectivity index (χ0v) is 23.6. The van der Waals surface area contributed by atoms with Crippen molar-refractivity contribution in [3.8, 4) is 17.2 Å². The molecule has 0 amide bonds. The Morgan fingerprint density at radius 3 is 2.59 bits per heavy atom. The number of thiazole rings is 1. The first-order valence-corrected chi connectivity index (χ1v) is 13.3. The van der Waals surface area contributed by atoms with Crippen LogP contribution in [0.15, 0.2) is 61.9 Å². The van der Waals surface area contributed by atoms with Crippen LogP contribution in [0.4, 0.5) is 0 Å². The van der Waals surface area contributed by atoms with E-state index >= 15 is 0 Å². The Bertz CT molecular complexity index is 1560. The number of esters is 1. The number of nitrogens with zero attached hydrogens (tertiary/aromatic N) is 2. The van der Waals surface area contributed by atoms with E-state index in [1.54, 1.807) is 44.8 Å². The molecule has 1 aromatic heterocycles. The number of rotatable bonds is 8. The number of hydrogen-bond donors (Lipinski definition) is 0. The monoisotopic (exact) mass is 586 g/mol. The van der Waals surface area contributed by atoms with Crippen LogP contribution in [-0.4, -0.2) is 38.0 Å². The van der Waals surface area contributed by atoms with Crippen molar-refractivity contribution in [2.45, 2.75) is 26.8 Å². The van der Waals surface area contributed by atoms with Crippen LogP contribution in [0.25, 0.3) is 6.08 Å². The molecule has 8 nitrogen and oxygen atoms in total. The van der Waals surface area contributed by atoms with E-state index < -0.39 is 12.0 Å². The van der Waals surface area contributed by atoms with Gasteiger partial charge in [0.05, 0.1) is 49.3 Å². The molecule has 2 heterocycles. The average Bonchev–Trinajstić information content (AvgIpc) is 3.19. The first-order valence-electron chi connectivity index (χ1n) is 11.7. The molecule has 0 saturated heterocycles. The fourth-order valence-corrected chi connectivity index (χ4v) is 5.62. The highest BCUT2D eigenvalue weighted by Crippen LogP contribution is 2.34. The molecule has 0 bridgehead atoms. The van der Waals surface area contributed by atoms with Crippen molar-refractivity contribution in [1.29, 1.82) is 0 Å². The maximum atomic E-state index is 13.8. The Balaban J connectivity index is 1.95. The van der Waals surface area contributed by atoms with Crippen molar-refractivity contribution >= 4 is 39.3 Å². The van der Waals surface area contributed by atoms with Crippen molar-refractivity contribution in [1.82, 2.24) is 4.57 Å². The SMILES string of the molecule is CCOC(=O)C1=C(C)N=c2s/c(=C\c3cc(OCC)c(OC)cc3Br)c(=O)n2C1c1cccc(OC)c1. The summed E-state index contributed by atoms with van der Waals surface area (Å²) in [5.41, 5.74) is 2.01. The van der Waals surface area contributed by atoms with Gasteiger partial charge in [-0.3, -0.25) is 9.36 Å². The Morgan fingerprint density at radius 1 is 1.14 bits per heavy atom. The van der Waals surface area contributed by atoms with Crippen LogP contribution >= 0.6 is 27.3 Å². The summed E-state index contributed by atoms with van der Waals surface area (Å²) in [6.07, 6.45) is 1.78. The van der Waals surface area contributed by atoms with Gasteiger partial charge in [0, 0.05) is 4.47 Å². The van der Waals surface area contributed by atoms with Gasteiger partial charge in [0.15, 0.2) is 16.3 Å². The summed E-state index contributed by atoms with van der Waals surface area (Å²) in [5.74, 6) is 1.26. The van der Waals surface area contributed by atoms with Gasteiger partial charge in [-0.2, -0.15) is 0 Å². The third-order valence-electron chi connectivity index (χ3n) is 5.80. The number of ether oxygens (including phenoxy) is 4. The second-order valence-corrected chi connectivity index (χ2v) is 9.90. The zero-order valence-electron chi connectivity index (χ0n) is 21.2. The number of carbonyl (C=O) groups is 1. The molecule has 4 rings (SSSR count). The van der Waals surface area contributed by atoms with Crippen molar-refractivity contribution < 1.29 is 23.7 Å². The summed E-state index contributed by atoms with van der Waals surface area (Å²) in [5, 5.41) is 0. The van der Waals surface area contributed by atoms with Gasteiger partial charge >= 0.3 is 5.97 Å². The molecule has 37 heavy (non-hydrogen) atoms. The van der Waals surface area contributed by atoms with E-state index in [1.165, 1.54) is 11.3 Å². The zero-order chi connectivity index (χ0) is 26.7. The van der Waals surface area contributed by atoms with Crippen LogP contribution in [-0.2, 0) is 9.53 Å². The van der Waals surface area contributed by atoms with Crippen molar-refractivity contribution in [2.24, 2.45) is 4.99 Å². The van der Waals surface area contributed by atoms with Gasteiger partial charge in [-0.1, -0.05) is 39.4 Å². The molecule has 0 radical (unpaired) electrons. The molecule has 0 saturated carbocycles. The first-order chi connectivity index (χ1) is 17.8. The minimum absolute atomic E-state index is 0.207. The molecular formula is C27H27BrN2O6S. The normalized spacial score (nSPS) is 15.2. The van der Waals surface area contributed by atoms with Crippen LogP contribution in [0.2, 0.25) is 0 Å². The predicted molar refractivity (Wildman–Crippen MR) is 145 cm³/mol. The number of benzene rings is 2. The average molecular weight is 587 g/mol. The van der Waals surface area contributed by atoms with Gasteiger partial charge in [0.1, 0.15) is 5.75 Å². The molecule has 0 aliphatic carbocycles. The smallest absolute Gasteiger partial charge is 0.338 e. The van der Waals surface area contributed by atoms with Gasteiger partial charge in [-0.25, -0.2) is 9.79 Å². The first kappa shape index (κ1) is 26.7. The lowest BCUT2D eigenvalue weighted by molar-refractivity contribution is -0.139. The Hall–Kier alpha value is -3.37. The highest BCUT2D eigenvalue weighted by Gasteiger charge is 2.33.